The number of hydrogen-bond acceptors (Lipinski definition) is 3. The van der Waals surface area contributed by atoms with Gasteiger partial charge in [-0.25, -0.2) is 0 Å². The number of thiophene rings is 2. The van der Waals surface area contributed by atoms with Gasteiger partial charge in [0.05, 0.1) is 6.54 Å². The third-order valence-electron chi connectivity index (χ3n) is 1.99. The maximum absolute atomic E-state index is 3.52. The van der Waals surface area contributed by atoms with Crippen molar-refractivity contribution in [2.75, 3.05) is 5.32 Å². The highest BCUT2D eigenvalue weighted by Crippen LogP contribution is 2.25. The molecule has 0 bridgehead atoms. The van der Waals surface area contributed by atoms with Crippen molar-refractivity contribution in [3.8, 4) is 0 Å². The van der Waals surface area contributed by atoms with Gasteiger partial charge in [0, 0.05) is 20.4 Å². The molecule has 0 atom stereocenters. The van der Waals surface area contributed by atoms with Gasteiger partial charge in [-0.15, -0.1) is 22.7 Å². The molecule has 0 saturated carbocycles. The van der Waals surface area contributed by atoms with E-state index < -0.39 is 0 Å². The molecule has 2 heterocycles. The lowest BCUT2D eigenvalue weighted by atomic mass is 10.3. The first-order valence-corrected chi connectivity index (χ1v) is 6.87. The maximum Gasteiger partial charge on any atom is 0.0505 e. The van der Waals surface area contributed by atoms with Crippen LogP contribution in [-0.2, 0) is 6.54 Å². The third-order valence-corrected chi connectivity index (χ3v) is 4.77. The van der Waals surface area contributed by atoms with Crippen LogP contribution in [0.1, 0.15) is 10.4 Å². The maximum atomic E-state index is 3.52. The first kappa shape index (κ1) is 10.2. The van der Waals surface area contributed by atoms with Crippen molar-refractivity contribution >= 4 is 44.3 Å². The minimum absolute atomic E-state index is 0.899. The standard InChI is InChI=1S/C10H10BrNS2/c1-7-5-13-6-9(7)12-4-10-8(11)2-3-14-10/h2-3,5-6,12H,4H2,1H3. The van der Waals surface area contributed by atoms with E-state index in [0.29, 0.717) is 0 Å². The van der Waals surface area contributed by atoms with Crippen LogP contribution in [0.25, 0.3) is 0 Å². The van der Waals surface area contributed by atoms with Gasteiger partial charge in [-0.1, -0.05) is 0 Å². The first-order valence-electron chi connectivity index (χ1n) is 4.26. The Morgan fingerprint density at radius 2 is 2.29 bits per heavy atom. The molecule has 0 aliphatic heterocycles. The smallest absolute Gasteiger partial charge is 0.0505 e. The Balaban J connectivity index is 2.02. The van der Waals surface area contributed by atoms with Crippen LogP contribution in [0.5, 0.6) is 0 Å². The lowest BCUT2D eigenvalue weighted by Gasteiger charge is -2.03. The molecule has 1 N–H and O–H groups in total. The van der Waals surface area contributed by atoms with Gasteiger partial charge in [0.2, 0.25) is 0 Å². The average Bonchev–Trinajstić information content (AvgIpc) is 2.72. The van der Waals surface area contributed by atoms with Gasteiger partial charge in [0.1, 0.15) is 0 Å². The predicted molar refractivity (Wildman–Crippen MR) is 68.4 cm³/mol. The summed E-state index contributed by atoms with van der Waals surface area (Å²) in [6, 6.07) is 2.09. The summed E-state index contributed by atoms with van der Waals surface area (Å²) in [5, 5.41) is 9.83. The van der Waals surface area contributed by atoms with Crippen LogP contribution in [-0.4, -0.2) is 0 Å². The van der Waals surface area contributed by atoms with Gasteiger partial charge in [-0.2, -0.15) is 0 Å². The summed E-state index contributed by atoms with van der Waals surface area (Å²) in [6.45, 7) is 3.03. The van der Waals surface area contributed by atoms with Gasteiger partial charge in [-0.3, -0.25) is 0 Å². The van der Waals surface area contributed by atoms with E-state index in [1.54, 1.807) is 22.7 Å². The molecule has 0 radical (unpaired) electrons. The minimum Gasteiger partial charge on any atom is -0.379 e. The van der Waals surface area contributed by atoms with E-state index >= 15 is 0 Å². The number of rotatable bonds is 3. The Bertz CT molecular complexity index is 379. The molecule has 1 nitrogen and oxygen atoms in total. The molecule has 0 aliphatic carbocycles. The molecule has 0 fully saturated rings. The second-order valence-corrected chi connectivity index (χ2v) is 5.61. The Hall–Kier alpha value is -0.320. The van der Waals surface area contributed by atoms with E-state index in [4.69, 9.17) is 0 Å². The van der Waals surface area contributed by atoms with Crippen LogP contribution in [0.3, 0.4) is 0 Å². The van der Waals surface area contributed by atoms with Crippen molar-refractivity contribution in [3.63, 3.8) is 0 Å². The van der Waals surface area contributed by atoms with Crippen LogP contribution in [0.4, 0.5) is 5.69 Å². The van der Waals surface area contributed by atoms with E-state index in [1.807, 2.05) is 0 Å². The molecule has 14 heavy (non-hydrogen) atoms. The Labute approximate surface area is 99.9 Å². The largest absolute Gasteiger partial charge is 0.379 e. The first-order chi connectivity index (χ1) is 6.77. The van der Waals surface area contributed by atoms with E-state index in [0.717, 1.165) is 6.54 Å². The fraction of sp³-hybridized carbons (Fsp3) is 0.200. The third kappa shape index (κ3) is 2.19. The number of nitrogens with one attached hydrogen (secondary N) is 1. The molecule has 0 spiro atoms. The number of aryl methyl sites for hydroxylation is 1. The van der Waals surface area contributed by atoms with Crippen LogP contribution in [0, 0.1) is 6.92 Å². The molecule has 2 aromatic heterocycles. The minimum atomic E-state index is 0.899. The summed E-state index contributed by atoms with van der Waals surface area (Å²) in [7, 11) is 0. The Morgan fingerprint density at radius 1 is 1.43 bits per heavy atom. The van der Waals surface area contributed by atoms with Gasteiger partial charge in [0.25, 0.3) is 0 Å². The predicted octanol–water partition coefficient (Wildman–Crippen LogP) is 4.49. The van der Waals surface area contributed by atoms with Crippen LogP contribution in [0.2, 0.25) is 0 Å². The molecule has 0 amide bonds. The van der Waals surface area contributed by atoms with Gasteiger partial charge >= 0.3 is 0 Å². The molecule has 0 aromatic carbocycles. The molecule has 2 aromatic rings. The van der Waals surface area contributed by atoms with Crippen LogP contribution in [0.15, 0.2) is 26.7 Å². The lowest BCUT2D eigenvalue weighted by molar-refractivity contribution is 1.18. The molecule has 0 saturated heterocycles. The molecular formula is C10H10BrNS2. The molecule has 0 unspecified atom stereocenters. The summed E-state index contributed by atoms with van der Waals surface area (Å²) in [5.41, 5.74) is 2.57. The van der Waals surface area contributed by atoms with Crippen molar-refractivity contribution in [1.82, 2.24) is 0 Å². The summed E-state index contributed by atoms with van der Waals surface area (Å²) in [4.78, 5) is 1.34. The summed E-state index contributed by atoms with van der Waals surface area (Å²) in [6.07, 6.45) is 0. The topological polar surface area (TPSA) is 12.0 Å². The van der Waals surface area contributed by atoms with E-state index in [1.165, 1.54) is 20.6 Å². The van der Waals surface area contributed by atoms with Crippen LogP contribution < -0.4 is 5.32 Å². The van der Waals surface area contributed by atoms with Crippen LogP contribution >= 0.6 is 38.6 Å². The second kappa shape index (κ2) is 4.47. The second-order valence-electron chi connectivity index (χ2n) is 3.01. The SMILES string of the molecule is Cc1cscc1NCc1sccc1Br. The van der Waals surface area contributed by atoms with E-state index in [-0.39, 0.29) is 0 Å². The zero-order chi connectivity index (χ0) is 9.97. The van der Waals surface area contributed by atoms with Gasteiger partial charge in [0.15, 0.2) is 0 Å². The molecule has 0 aliphatic rings. The Kier molecular flexibility index (Phi) is 3.26. The number of anilines is 1. The lowest BCUT2D eigenvalue weighted by Crippen LogP contribution is -1.97. The fourth-order valence-electron chi connectivity index (χ4n) is 1.17. The van der Waals surface area contributed by atoms with Crippen molar-refractivity contribution in [1.29, 1.82) is 0 Å². The Morgan fingerprint density at radius 3 is 2.86 bits per heavy atom. The summed E-state index contributed by atoms with van der Waals surface area (Å²) in [5.74, 6) is 0. The van der Waals surface area contributed by atoms with Crippen molar-refractivity contribution in [2.24, 2.45) is 0 Å². The fourth-order valence-corrected chi connectivity index (χ4v) is 3.41. The van der Waals surface area contributed by atoms with Crippen molar-refractivity contribution in [3.05, 3.63) is 37.1 Å². The zero-order valence-electron chi connectivity index (χ0n) is 7.71. The molecular weight excluding hydrogens is 278 g/mol. The highest BCUT2D eigenvalue weighted by atomic mass is 79.9. The van der Waals surface area contributed by atoms with Crippen molar-refractivity contribution < 1.29 is 0 Å². The summed E-state index contributed by atoms with van der Waals surface area (Å²) >= 11 is 7.03. The van der Waals surface area contributed by atoms with E-state index in [2.05, 4.69) is 50.4 Å². The summed E-state index contributed by atoms with van der Waals surface area (Å²) < 4.78 is 1.20. The van der Waals surface area contributed by atoms with Crippen molar-refractivity contribution in [2.45, 2.75) is 13.5 Å². The highest BCUT2D eigenvalue weighted by Gasteiger charge is 2.02. The zero-order valence-corrected chi connectivity index (χ0v) is 10.9. The highest BCUT2D eigenvalue weighted by molar-refractivity contribution is 9.10. The quantitative estimate of drug-likeness (QED) is 0.877. The monoisotopic (exact) mass is 287 g/mol. The van der Waals surface area contributed by atoms with Gasteiger partial charge < -0.3 is 5.32 Å². The number of hydrogen-bond donors (Lipinski definition) is 1. The van der Waals surface area contributed by atoms with Gasteiger partial charge in [-0.05, 0) is 45.2 Å². The molecule has 2 rings (SSSR count). The molecule has 4 heteroatoms. The van der Waals surface area contributed by atoms with E-state index in [9.17, 15) is 0 Å². The average molecular weight is 288 g/mol. The number of halogens is 1. The molecule has 74 valence electrons. The normalized spacial score (nSPS) is 10.4.